The van der Waals surface area contributed by atoms with E-state index >= 15 is 0 Å². The van der Waals surface area contributed by atoms with E-state index in [1.807, 2.05) is 0 Å². The minimum absolute atomic E-state index is 0.0542. The minimum atomic E-state index is -1.46. The zero-order chi connectivity index (χ0) is 10.7. The number of aromatic carboxylic acids is 1. The van der Waals surface area contributed by atoms with Crippen molar-refractivity contribution < 1.29 is 19.4 Å². The van der Waals surface area contributed by atoms with Crippen molar-refractivity contribution in [1.82, 2.24) is 0 Å². The monoisotopic (exact) mass is 194 g/mol. The largest absolute Gasteiger partial charge is 0.545 e. The van der Waals surface area contributed by atoms with Gasteiger partial charge < -0.3 is 20.4 Å². The smallest absolute Gasteiger partial charge is 0.340 e. The van der Waals surface area contributed by atoms with Crippen molar-refractivity contribution in [3.05, 3.63) is 29.3 Å². The van der Waals surface area contributed by atoms with E-state index in [-0.39, 0.29) is 16.8 Å². The second kappa shape index (κ2) is 3.78. The topological polar surface area (TPSA) is 92.5 Å². The summed E-state index contributed by atoms with van der Waals surface area (Å²) in [5.41, 5.74) is 5.06. The Bertz CT molecular complexity index is 386. The number of hydrogen-bond acceptors (Lipinski definition) is 5. The van der Waals surface area contributed by atoms with Gasteiger partial charge in [0.2, 0.25) is 0 Å². The van der Waals surface area contributed by atoms with Gasteiger partial charge in [0.25, 0.3) is 0 Å². The zero-order valence-corrected chi connectivity index (χ0v) is 7.44. The molecule has 0 bridgehead atoms. The average molecular weight is 194 g/mol. The fourth-order valence-corrected chi connectivity index (χ4v) is 1.07. The van der Waals surface area contributed by atoms with E-state index in [2.05, 4.69) is 4.74 Å². The average Bonchev–Trinajstić information content (AvgIpc) is 2.16. The summed E-state index contributed by atoms with van der Waals surface area (Å²) in [5.74, 6) is -2.25. The Kier molecular flexibility index (Phi) is 2.71. The lowest BCUT2D eigenvalue weighted by atomic mass is 10.1. The van der Waals surface area contributed by atoms with Crippen LogP contribution in [-0.4, -0.2) is 19.0 Å². The molecular weight excluding hydrogens is 186 g/mol. The number of hydrogen-bond donors (Lipinski definition) is 1. The number of rotatable bonds is 2. The van der Waals surface area contributed by atoms with Crippen molar-refractivity contribution in [3.8, 4) is 0 Å². The maximum Gasteiger partial charge on any atom is 0.340 e. The molecule has 1 rings (SSSR count). The quantitative estimate of drug-likeness (QED) is 0.502. The van der Waals surface area contributed by atoms with E-state index < -0.39 is 11.9 Å². The van der Waals surface area contributed by atoms with Crippen LogP contribution in [0.25, 0.3) is 0 Å². The van der Waals surface area contributed by atoms with Crippen LogP contribution in [-0.2, 0) is 4.74 Å². The molecule has 0 saturated carbocycles. The van der Waals surface area contributed by atoms with Gasteiger partial charge in [-0.1, -0.05) is 12.1 Å². The Morgan fingerprint density at radius 1 is 1.43 bits per heavy atom. The van der Waals surface area contributed by atoms with Gasteiger partial charge in [0, 0.05) is 11.3 Å². The van der Waals surface area contributed by atoms with Gasteiger partial charge in [0.05, 0.1) is 18.6 Å². The molecule has 0 saturated heterocycles. The van der Waals surface area contributed by atoms with Gasteiger partial charge in [-0.2, -0.15) is 0 Å². The lowest BCUT2D eigenvalue weighted by molar-refractivity contribution is -0.255. The Balaban J connectivity index is 3.36. The molecule has 0 aliphatic carbocycles. The molecule has 0 spiro atoms. The zero-order valence-electron chi connectivity index (χ0n) is 7.44. The van der Waals surface area contributed by atoms with Crippen molar-refractivity contribution in [2.24, 2.45) is 0 Å². The number of ether oxygens (including phenoxy) is 1. The van der Waals surface area contributed by atoms with Crippen LogP contribution in [0, 0.1) is 0 Å². The summed E-state index contributed by atoms with van der Waals surface area (Å²) in [5, 5.41) is 10.6. The summed E-state index contributed by atoms with van der Waals surface area (Å²) < 4.78 is 4.40. The molecule has 1 aromatic carbocycles. The number of carbonyl (C=O) groups is 2. The molecule has 0 atom stereocenters. The van der Waals surface area contributed by atoms with Crippen molar-refractivity contribution in [3.63, 3.8) is 0 Å². The van der Waals surface area contributed by atoms with Crippen molar-refractivity contribution in [2.75, 3.05) is 12.8 Å². The molecule has 0 radical (unpaired) electrons. The van der Waals surface area contributed by atoms with Gasteiger partial charge in [-0.3, -0.25) is 0 Å². The summed E-state index contributed by atoms with van der Waals surface area (Å²) in [6.45, 7) is 0. The molecule has 0 heterocycles. The molecule has 0 fully saturated rings. The predicted molar refractivity (Wildman–Crippen MR) is 46.5 cm³/mol. The highest BCUT2D eigenvalue weighted by Gasteiger charge is 2.15. The van der Waals surface area contributed by atoms with Crippen LogP contribution in [0.1, 0.15) is 20.7 Å². The van der Waals surface area contributed by atoms with Gasteiger partial charge in [0.1, 0.15) is 0 Å². The van der Waals surface area contributed by atoms with E-state index in [9.17, 15) is 14.7 Å². The molecule has 5 nitrogen and oxygen atoms in total. The van der Waals surface area contributed by atoms with E-state index in [0.717, 1.165) is 7.11 Å². The van der Waals surface area contributed by atoms with Gasteiger partial charge in [-0.25, -0.2) is 4.79 Å². The highest BCUT2D eigenvalue weighted by atomic mass is 16.5. The number of benzene rings is 1. The first-order chi connectivity index (χ1) is 6.57. The molecule has 2 N–H and O–H groups in total. The summed E-state index contributed by atoms with van der Waals surface area (Å²) in [4.78, 5) is 21.8. The number of anilines is 1. The predicted octanol–water partition coefficient (Wildman–Crippen LogP) is -0.581. The van der Waals surface area contributed by atoms with E-state index in [1.54, 1.807) is 0 Å². The molecule has 0 amide bonds. The highest BCUT2D eigenvalue weighted by Crippen LogP contribution is 2.17. The van der Waals surface area contributed by atoms with Gasteiger partial charge in [-0.05, 0) is 6.07 Å². The van der Waals surface area contributed by atoms with Crippen LogP contribution in [0.4, 0.5) is 5.69 Å². The molecule has 1 aromatic rings. The number of carboxylic acids is 1. The van der Waals surface area contributed by atoms with Crippen molar-refractivity contribution in [1.29, 1.82) is 0 Å². The third-order valence-corrected chi connectivity index (χ3v) is 1.71. The number of nitrogens with two attached hydrogens (primary N) is 1. The summed E-state index contributed by atoms with van der Waals surface area (Å²) in [6, 6.07) is 4.07. The Morgan fingerprint density at radius 2 is 2.07 bits per heavy atom. The van der Waals surface area contributed by atoms with Gasteiger partial charge in [-0.15, -0.1) is 0 Å². The number of carboxylic acid groups (broad SMARTS) is 1. The van der Waals surface area contributed by atoms with Crippen LogP contribution in [0.3, 0.4) is 0 Å². The maximum atomic E-state index is 11.2. The number of esters is 1. The Morgan fingerprint density at radius 3 is 2.57 bits per heavy atom. The van der Waals surface area contributed by atoms with Gasteiger partial charge >= 0.3 is 5.97 Å². The standard InChI is InChI=1S/C9H9NO4/c1-14-9(13)7-5(8(11)12)3-2-4-6(7)10/h2-4H,10H2,1H3,(H,11,12)/p-1. The second-order valence-electron chi connectivity index (χ2n) is 2.55. The molecule has 0 aromatic heterocycles. The summed E-state index contributed by atoms with van der Waals surface area (Å²) >= 11 is 0. The second-order valence-corrected chi connectivity index (χ2v) is 2.55. The highest BCUT2D eigenvalue weighted by molar-refractivity contribution is 6.05. The molecule has 0 aliphatic heterocycles. The van der Waals surface area contributed by atoms with E-state index in [1.165, 1.54) is 18.2 Å². The van der Waals surface area contributed by atoms with Crippen LogP contribution in [0.5, 0.6) is 0 Å². The lowest BCUT2D eigenvalue weighted by Gasteiger charge is -2.10. The van der Waals surface area contributed by atoms with E-state index in [4.69, 9.17) is 5.73 Å². The first-order valence-electron chi connectivity index (χ1n) is 3.76. The fourth-order valence-electron chi connectivity index (χ4n) is 1.07. The molecule has 5 heteroatoms. The third kappa shape index (κ3) is 1.66. The van der Waals surface area contributed by atoms with Crippen molar-refractivity contribution >= 4 is 17.6 Å². The first kappa shape index (κ1) is 10.0. The summed E-state index contributed by atoms with van der Waals surface area (Å²) in [6.07, 6.45) is 0. The first-order valence-corrected chi connectivity index (χ1v) is 3.76. The van der Waals surface area contributed by atoms with Crippen LogP contribution in [0.2, 0.25) is 0 Å². The molecule has 0 aliphatic rings. The van der Waals surface area contributed by atoms with Crippen LogP contribution < -0.4 is 10.8 Å². The molecular formula is C9H8NO4-. The minimum Gasteiger partial charge on any atom is -0.545 e. The van der Waals surface area contributed by atoms with Crippen molar-refractivity contribution in [2.45, 2.75) is 0 Å². The molecule has 0 unspecified atom stereocenters. The number of methoxy groups -OCH3 is 1. The number of carbonyl (C=O) groups excluding carboxylic acids is 2. The number of nitrogen functional groups attached to an aromatic ring is 1. The lowest BCUT2D eigenvalue weighted by Crippen LogP contribution is -2.25. The fraction of sp³-hybridized carbons (Fsp3) is 0.111. The Labute approximate surface area is 80.1 Å². The maximum absolute atomic E-state index is 11.2. The van der Waals surface area contributed by atoms with Gasteiger partial charge in [0.15, 0.2) is 0 Å². The third-order valence-electron chi connectivity index (χ3n) is 1.71. The van der Waals surface area contributed by atoms with Crippen LogP contribution in [0.15, 0.2) is 18.2 Å². The SMILES string of the molecule is COC(=O)c1c(N)cccc1C(=O)[O-]. The van der Waals surface area contributed by atoms with Crippen LogP contribution >= 0.6 is 0 Å². The Hall–Kier alpha value is -2.04. The molecule has 14 heavy (non-hydrogen) atoms. The normalized spacial score (nSPS) is 9.50. The summed E-state index contributed by atoms with van der Waals surface area (Å²) in [7, 11) is 1.15. The molecule has 74 valence electrons. The van der Waals surface area contributed by atoms with E-state index in [0.29, 0.717) is 0 Å².